The molecule has 0 aliphatic carbocycles. The van der Waals surface area contributed by atoms with Gasteiger partial charge in [0, 0.05) is 13.1 Å². The molecule has 0 spiro atoms. The van der Waals surface area contributed by atoms with Crippen molar-refractivity contribution in [3.63, 3.8) is 0 Å². The minimum atomic E-state index is -3.34. The molecule has 1 saturated heterocycles. The molecule has 2 N–H and O–H groups in total. The van der Waals surface area contributed by atoms with Crippen LogP contribution in [-0.2, 0) is 10.0 Å². The highest BCUT2D eigenvalue weighted by atomic mass is 32.2. The number of nitrogens with zero attached hydrogens (tertiary/aromatic N) is 1. The third-order valence-electron chi connectivity index (χ3n) is 3.70. The summed E-state index contributed by atoms with van der Waals surface area (Å²) in [6, 6.07) is 5.30. The maximum Gasteiger partial charge on any atom is 0.243 e. The van der Waals surface area contributed by atoms with Crippen molar-refractivity contribution in [2.24, 2.45) is 11.7 Å². The topological polar surface area (TPSA) is 63.4 Å². The Bertz CT molecular complexity index is 540. The first kappa shape index (κ1) is 13.5. The normalized spacial score (nSPS) is 21.4. The van der Waals surface area contributed by atoms with E-state index in [1.807, 2.05) is 19.9 Å². The van der Waals surface area contributed by atoms with E-state index in [0.29, 0.717) is 30.4 Å². The van der Waals surface area contributed by atoms with Crippen molar-refractivity contribution in [1.82, 2.24) is 4.31 Å². The van der Waals surface area contributed by atoms with Crippen LogP contribution >= 0.6 is 0 Å². The Kier molecular flexibility index (Phi) is 3.75. The molecule has 100 valence electrons. The number of hydrogen-bond acceptors (Lipinski definition) is 3. The molecule has 1 atom stereocenters. The van der Waals surface area contributed by atoms with Crippen molar-refractivity contribution >= 4 is 10.0 Å². The summed E-state index contributed by atoms with van der Waals surface area (Å²) in [7, 11) is -3.34. The van der Waals surface area contributed by atoms with Gasteiger partial charge in [0.25, 0.3) is 0 Å². The van der Waals surface area contributed by atoms with E-state index >= 15 is 0 Å². The van der Waals surface area contributed by atoms with E-state index in [9.17, 15) is 8.42 Å². The number of benzene rings is 1. The first-order valence-electron chi connectivity index (χ1n) is 6.22. The molecule has 0 amide bonds. The van der Waals surface area contributed by atoms with Gasteiger partial charge in [0.05, 0.1) is 4.90 Å². The summed E-state index contributed by atoms with van der Waals surface area (Å²) in [4.78, 5) is 0.392. The zero-order chi connectivity index (χ0) is 13.3. The minimum absolute atomic E-state index is 0.298. The van der Waals surface area contributed by atoms with E-state index < -0.39 is 10.0 Å². The van der Waals surface area contributed by atoms with Gasteiger partial charge < -0.3 is 5.73 Å². The lowest BCUT2D eigenvalue weighted by Crippen LogP contribution is -2.30. The van der Waals surface area contributed by atoms with Gasteiger partial charge in [-0.25, -0.2) is 8.42 Å². The van der Waals surface area contributed by atoms with Crippen LogP contribution in [0.3, 0.4) is 0 Å². The molecule has 2 rings (SSSR count). The molecule has 0 aromatic heterocycles. The molecule has 1 aromatic rings. The highest BCUT2D eigenvalue weighted by Crippen LogP contribution is 2.24. The van der Waals surface area contributed by atoms with Crippen LogP contribution < -0.4 is 5.73 Å². The zero-order valence-corrected chi connectivity index (χ0v) is 11.7. The molecular formula is C13H20N2O2S. The second-order valence-corrected chi connectivity index (χ2v) is 6.94. The fourth-order valence-corrected chi connectivity index (χ4v) is 3.85. The number of nitrogens with two attached hydrogens (primary N) is 1. The molecular weight excluding hydrogens is 248 g/mol. The Labute approximate surface area is 109 Å². The van der Waals surface area contributed by atoms with Crippen LogP contribution in [0.25, 0.3) is 0 Å². The first-order chi connectivity index (χ1) is 8.45. The van der Waals surface area contributed by atoms with Gasteiger partial charge >= 0.3 is 0 Å². The lowest BCUT2D eigenvalue weighted by Gasteiger charge is -2.17. The molecule has 4 nitrogen and oxygen atoms in total. The van der Waals surface area contributed by atoms with Crippen molar-refractivity contribution in [3.8, 4) is 0 Å². The van der Waals surface area contributed by atoms with Gasteiger partial charge in [0.1, 0.15) is 0 Å². The van der Waals surface area contributed by atoms with Crippen LogP contribution in [0.2, 0.25) is 0 Å². The van der Waals surface area contributed by atoms with Crippen LogP contribution in [0.1, 0.15) is 17.5 Å². The van der Waals surface area contributed by atoms with Gasteiger partial charge in [0.15, 0.2) is 0 Å². The molecule has 0 unspecified atom stereocenters. The SMILES string of the molecule is Cc1ccc(S(=O)(=O)N2CC[C@H](CN)C2)cc1C. The second kappa shape index (κ2) is 4.99. The molecule has 1 aromatic carbocycles. The van der Waals surface area contributed by atoms with Crippen LogP contribution in [0.4, 0.5) is 0 Å². The van der Waals surface area contributed by atoms with E-state index in [-0.39, 0.29) is 0 Å². The third-order valence-corrected chi connectivity index (χ3v) is 5.56. The van der Waals surface area contributed by atoms with Crippen LogP contribution in [0.5, 0.6) is 0 Å². The summed E-state index contributed by atoms with van der Waals surface area (Å²) in [5, 5.41) is 0. The minimum Gasteiger partial charge on any atom is -0.330 e. The molecule has 0 saturated carbocycles. The highest BCUT2D eigenvalue weighted by Gasteiger charge is 2.31. The molecule has 1 aliphatic rings. The molecule has 1 fully saturated rings. The van der Waals surface area contributed by atoms with Crippen molar-refractivity contribution in [2.45, 2.75) is 25.2 Å². The Balaban J connectivity index is 2.28. The highest BCUT2D eigenvalue weighted by molar-refractivity contribution is 7.89. The lowest BCUT2D eigenvalue weighted by atomic mass is 10.1. The van der Waals surface area contributed by atoms with E-state index in [0.717, 1.165) is 17.5 Å². The zero-order valence-electron chi connectivity index (χ0n) is 10.9. The third kappa shape index (κ3) is 2.43. The molecule has 18 heavy (non-hydrogen) atoms. The molecule has 5 heteroatoms. The summed E-state index contributed by atoms with van der Waals surface area (Å²) in [6.07, 6.45) is 0.862. The van der Waals surface area contributed by atoms with Crippen LogP contribution in [0.15, 0.2) is 23.1 Å². The Hall–Kier alpha value is -0.910. The summed E-state index contributed by atoms with van der Waals surface area (Å²) in [6.45, 7) is 5.59. The smallest absolute Gasteiger partial charge is 0.243 e. The quantitative estimate of drug-likeness (QED) is 0.898. The lowest BCUT2D eigenvalue weighted by molar-refractivity contribution is 0.459. The monoisotopic (exact) mass is 268 g/mol. The van der Waals surface area contributed by atoms with Crippen LogP contribution in [0, 0.1) is 19.8 Å². The van der Waals surface area contributed by atoms with Gasteiger partial charge in [-0.3, -0.25) is 0 Å². The number of sulfonamides is 1. The van der Waals surface area contributed by atoms with E-state index in [1.165, 1.54) is 0 Å². The molecule has 1 heterocycles. The summed E-state index contributed by atoms with van der Waals surface area (Å²) in [5.74, 6) is 0.298. The average molecular weight is 268 g/mol. The fourth-order valence-electron chi connectivity index (χ4n) is 2.23. The summed E-state index contributed by atoms with van der Waals surface area (Å²) < 4.78 is 26.4. The largest absolute Gasteiger partial charge is 0.330 e. The number of aryl methyl sites for hydroxylation is 2. The Morgan fingerprint density at radius 2 is 2.06 bits per heavy atom. The standard InChI is InChI=1S/C13H20N2O2S/c1-10-3-4-13(7-11(10)2)18(16,17)15-6-5-12(8-14)9-15/h3-4,7,12H,5-6,8-9,14H2,1-2H3/t12-/m1/s1. The van der Waals surface area contributed by atoms with Gasteiger partial charge in [-0.1, -0.05) is 6.07 Å². The molecule has 0 bridgehead atoms. The second-order valence-electron chi connectivity index (χ2n) is 5.00. The van der Waals surface area contributed by atoms with Gasteiger partial charge in [0.2, 0.25) is 10.0 Å². The Morgan fingerprint density at radius 1 is 1.33 bits per heavy atom. The molecule has 0 radical (unpaired) electrons. The van der Waals surface area contributed by atoms with E-state index in [1.54, 1.807) is 16.4 Å². The number of rotatable bonds is 3. The summed E-state index contributed by atoms with van der Waals surface area (Å²) >= 11 is 0. The van der Waals surface area contributed by atoms with Crippen molar-refractivity contribution < 1.29 is 8.42 Å². The Morgan fingerprint density at radius 3 is 2.61 bits per heavy atom. The van der Waals surface area contributed by atoms with Gasteiger partial charge in [-0.05, 0) is 56.0 Å². The maximum absolute atomic E-state index is 12.4. The van der Waals surface area contributed by atoms with Crippen molar-refractivity contribution in [2.75, 3.05) is 19.6 Å². The average Bonchev–Trinajstić information content (AvgIpc) is 2.81. The number of hydrogen-bond donors (Lipinski definition) is 1. The predicted octanol–water partition coefficient (Wildman–Crippen LogP) is 1.27. The first-order valence-corrected chi connectivity index (χ1v) is 7.66. The molecule has 1 aliphatic heterocycles. The van der Waals surface area contributed by atoms with Crippen molar-refractivity contribution in [3.05, 3.63) is 29.3 Å². The van der Waals surface area contributed by atoms with E-state index in [2.05, 4.69) is 0 Å². The van der Waals surface area contributed by atoms with Crippen LogP contribution in [-0.4, -0.2) is 32.4 Å². The fraction of sp³-hybridized carbons (Fsp3) is 0.538. The van der Waals surface area contributed by atoms with E-state index in [4.69, 9.17) is 5.73 Å². The maximum atomic E-state index is 12.4. The summed E-state index contributed by atoms with van der Waals surface area (Å²) in [5.41, 5.74) is 7.71. The predicted molar refractivity (Wildman–Crippen MR) is 71.8 cm³/mol. The van der Waals surface area contributed by atoms with Crippen molar-refractivity contribution in [1.29, 1.82) is 0 Å². The van der Waals surface area contributed by atoms with Gasteiger partial charge in [-0.2, -0.15) is 4.31 Å². The van der Waals surface area contributed by atoms with Gasteiger partial charge in [-0.15, -0.1) is 0 Å².